The molecular weight excluding hydrogens is 308 g/mol. The number of rotatable bonds is 6. The minimum absolute atomic E-state index is 0. The largest absolute Gasteiger partial charge is 0.335 e. The zero-order valence-corrected chi connectivity index (χ0v) is 15.0. The summed E-state index contributed by atoms with van der Waals surface area (Å²) in [7, 11) is 0. The van der Waals surface area contributed by atoms with Crippen LogP contribution in [0.1, 0.15) is 44.7 Å². The van der Waals surface area contributed by atoms with Gasteiger partial charge in [-0.3, -0.25) is 4.79 Å². The van der Waals surface area contributed by atoms with Crippen molar-refractivity contribution in [1.82, 2.24) is 10.2 Å². The normalized spacial score (nSPS) is 20.6. The van der Waals surface area contributed by atoms with E-state index < -0.39 is 0 Å². The third-order valence-electron chi connectivity index (χ3n) is 5.62. The summed E-state index contributed by atoms with van der Waals surface area (Å²) in [6, 6.07) is 10.6. The maximum atomic E-state index is 13.1. The van der Waals surface area contributed by atoms with Gasteiger partial charge < -0.3 is 10.2 Å². The summed E-state index contributed by atoms with van der Waals surface area (Å²) in [5.41, 5.74) is 1.24. The molecule has 0 spiro atoms. The molecule has 0 radical (unpaired) electrons. The molecule has 1 aromatic carbocycles. The third kappa shape index (κ3) is 4.07. The van der Waals surface area contributed by atoms with Crippen LogP contribution in [0.3, 0.4) is 0 Å². The number of carbonyl (C=O) groups excluding carboxylic acids is 1. The Hall–Kier alpha value is -1.06. The van der Waals surface area contributed by atoms with Crippen molar-refractivity contribution in [3.8, 4) is 0 Å². The highest BCUT2D eigenvalue weighted by Crippen LogP contribution is 2.32. The highest BCUT2D eigenvalue weighted by atomic mass is 35.5. The molecule has 2 unspecified atom stereocenters. The van der Waals surface area contributed by atoms with Crippen LogP contribution in [0.4, 0.5) is 0 Å². The molecule has 0 aromatic heterocycles. The second-order valence-corrected chi connectivity index (χ2v) is 7.08. The summed E-state index contributed by atoms with van der Waals surface area (Å²) in [5, 5.41) is 3.29. The van der Waals surface area contributed by atoms with Crippen molar-refractivity contribution in [1.29, 1.82) is 0 Å². The topological polar surface area (TPSA) is 32.3 Å². The summed E-state index contributed by atoms with van der Waals surface area (Å²) < 4.78 is 0. The molecule has 1 amide bonds. The quantitative estimate of drug-likeness (QED) is 0.860. The predicted molar refractivity (Wildman–Crippen MR) is 96.7 cm³/mol. The van der Waals surface area contributed by atoms with Gasteiger partial charge in [0.15, 0.2) is 0 Å². The van der Waals surface area contributed by atoms with Crippen LogP contribution in [0.5, 0.6) is 0 Å². The van der Waals surface area contributed by atoms with Gasteiger partial charge in [-0.1, -0.05) is 43.7 Å². The van der Waals surface area contributed by atoms with Crippen molar-refractivity contribution >= 4 is 18.3 Å². The summed E-state index contributed by atoms with van der Waals surface area (Å²) in [5.74, 6) is 1.70. The van der Waals surface area contributed by atoms with E-state index in [1.54, 1.807) is 0 Å². The smallest absolute Gasteiger partial charge is 0.226 e. The van der Waals surface area contributed by atoms with Gasteiger partial charge in [-0.2, -0.15) is 0 Å². The SMILES string of the molecule is CC(C(=O)N(CC1CCC1)C(C)c1ccccc1)C1CNC1.Cl. The van der Waals surface area contributed by atoms with Gasteiger partial charge in [0, 0.05) is 12.5 Å². The molecule has 4 heteroatoms. The van der Waals surface area contributed by atoms with Gasteiger partial charge in [0.2, 0.25) is 5.91 Å². The lowest BCUT2D eigenvalue weighted by molar-refractivity contribution is -0.141. The molecule has 2 aliphatic rings. The fraction of sp³-hybridized carbons (Fsp3) is 0.632. The van der Waals surface area contributed by atoms with Crippen molar-refractivity contribution < 1.29 is 4.79 Å². The number of carbonyl (C=O) groups is 1. The van der Waals surface area contributed by atoms with E-state index in [4.69, 9.17) is 0 Å². The van der Waals surface area contributed by atoms with E-state index >= 15 is 0 Å². The Labute approximate surface area is 146 Å². The molecule has 2 fully saturated rings. The molecule has 23 heavy (non-hydrogen) atoms. The summed E-state index contributed by atoms with van der Waals surface area (Å²) in [4.78, 5) is 15.2. The lowest BCUT2D eigenvalue weighted by Crippen LogP contribution is -2.51. The molecule has 1 saturated carbocycles. The van der Waals surface area contributed by atoms with Gasteiger partial charge >= 0.3 is 0 Å². The minimum Gasteiger partial charge on any atom is -0.335 e. The molecule has 1 aliphatic heterocycles. The molecular formula is C19H29ClN2O. The van der Waals surface area contributed by atoms with Crippen LogP contribution in [0.2, 0.25) is 0 Å². The minimum atomic E-state index is 0. The van der Waals surface area contributed by atoms with Crippen LogP contribution in [0.25, 0.3) is 0 Å². The first kappa shape index (κ1) is 18.3. The lowest BCUT2D eigenvalue weighted by Gasteiger charge is -2.40. The number of nitrogens with one attached hydrogen (secondary N) is 1. The maximum Gasteiger partial charge on any atom is 0.226 e. The highest BCUT2D eigenvalue weighted by Gasteiger charge is 2.35. The van der Waals surface area contributed by atoms with Crippen LogP contribution in [0.15, 0.2) is 30.3 Å². The van der Waals surface area contributed by atoms with Crippen molar-refractivity contribution in [2.24, 2.45) is 17.8 Å². The van der Waals surface area contributed by atoms with Crippen molar-refractivity contribution in [2.45, 2.75) is 39.2 Å². The van der Waals surface area contributed by atoms with Gasteiger partial charge in [-0.05, 0) is 50.3 Å². The Morgan fingerprint density at radius 2 is 1.87 bits per heavy atom. The first-order chi connectivity index (χ1) is 10.7. The predicted octanol–water partition coefficient (Wildman–Crippen LogP) is 3.65. The number of hydrogen-bond donors (Lipinski definition) is 1. The molecule has 1 aliphatic carbocycles. The van der Waals surface area contributed by atoms with E-state index in [2.05, 4.69) is 48.3 Å². The lowest BCUT2D eigenvalue weighted by atomic mass is 9.83. The van der Waals surface area contributed by atoms with Gasteiger partial charge in [0.05, 0.1) is 6.04 Å². The van der Waals surface area contributed by atoms with Crippen LogP contribution >= 0.6 is 12.4 Å². The Balaban J connectivity index is 0.00000192. The maximum absolute atomic E-state index is 13.1. The fourth-order valence-electron chi connectivity index (χ4n) is 3.43. The molecule has 0 bridgehead atoms. The molecule has 3 nitrogen and oxygen atoms in total. The van der Waals surface area contributed by atoms with Crippen molar-refractivity contribution in [3.63, 3.8) is 0 Å². The van der Waals surface area contributed by atoms with Gasteiger partial charge in [-0.15, -0.1) is 12.4 Å². The number of benzene rings is 1. The Morgan fingerprint density at radius 3 is 2.35 bits per heavy atom. The molecule has 128 valence electrons. The average Bonchev–Trinajstić information content (AvgIpc) is 2.44. The zero-order chi connectivity index (χ0) is 15.5. The van der Waals surface area contributed by atoms with E-state index in [0.29, 0.717) is 17.7 Å². The monoisotopic (exact) mass is 336 g/mol. The molecule has 2 atom stereocenters. The Bertz CT molecular complexity index is 499. The first-order valence-electron chi connectivity index (χ1n) is 8.73. The standard InChI is InChI=1S/C19H28N2O.ClH/c1-14(18-11-20-12-18)19(22)21(13-16-7-6-8-16)15(2)17-9-4-3-5-10-17;/h3-5,9-10,14-16,18,20H,6-8,11-13H2,1-2H3;1H. The van der Waals surface area contributed by atoms with Crippen LogP contribution in [-0.4, -0.2) is 30.4 Å². The fourth-order valence-corrected chi connectivity index (χ4v) is 3.43. The summed E-state index contributed by atoms with van der Waals surface area (Å²) in [6.07, 6.45) is 3.89. The number of halogens is 1. The van der Waals surface area contributed by atoms with Crippen molar-refractivity contribution in [3.05, 3.63) is 35.9 Å². The molecule has 1 N–H and O–H groups in total. The van der Waals surface area contributed by atoms with E-state index in [1.807, 2.05) is 6.07 Å². The van der Waals surface area contributed by atoms with E-state index in [0.717, 1.165) is 19.6 Å². The Kier molecular flexibility index (Phi) is 6.49. The van der Waals surface area contributed by atoms with E-state index in [-0.39, 0.29) is 24.4 Å². The molecule has 1 saturated heterocycles. The van der Waals surface area contributed by atoms with Crippen LogP contribution < -0.4 is 5.32 Å². The zero-order valence-electron chi connectivity index (χ0n) is 14.2. The van der Waals surface area contributed by atoms with Gasteiger partial charge in [0.25, 0.3) is 0 Å². The second-order valence-electron chi connectivity index (χ2n) is 7.08. The average molecular weight is 337 g/mol. The highest BCUT2D eigenvalue weighted by molar-refractivity contribution is 5.85. The number of hydrogen-bond acceptors (Lipinski definition) is 2. The van der Waals surface area contributed by atoms with E-state index in [9.17, 15) is 4.79 Å². The van der Waals surface area contributed by atoms with Crippen LogP contribution in [0, 0.1) is 17.8 Å². The summed E-state index contributed by atoms with van der Waals surface area (Å²) in [6.45, 7) is 7.20. The number of nitrogens with zero attached hydrogens (tertiary/aromatic N) is 1. The molecule has 1 aromatic rings. The van der Waals surface area contributed by atoms with E-state index in [1.165, 1.54) is 24.8 Å². The van der Waals surface area contributed by atoms with Gasteiger partial charge in [-0.25, -0.2) is 0 Å². The third-order valence-corrected chi connectivity index (χ3v) is 5.62. The summed E-state index contributed by atoms with van der Waals surface area (Å²) >= 11 is 0. The molecule has 3 rings (SSSR count). The van der Waals surface area contributed by atoms with Crippen LogP contribution in [-0.2, 0) is 4.79 Å². The van der Waals surface area contributed by atoms with Crippen molar-refractivity contribution in [2.75, 3.05) is 19.6 Å². The molecule has 1 heterocycles. The number of amides is 1. The Morgan fingerprint density at radius 1 is 1.22 bits per heavy atom. The first-order valence-corrected chi connectivity index (χ1v) is 8.73. The second kappa shape index (κ2) is 8.16. The van der Waals surface area contributed by atoms with Gasteiger partial charge in [0.1, 0.15) is 0 Å².